The van der Waals surface area contributed by atoms with Crippen molar-refractivity contribution in [3.8, 4) is 11.5 Å². The molecule has 0 aliphatic carbocycles. The van der Waals surface area contributed by atoms with Crippen molar-refractivity contribution in [2.24, 2.45) is 0 Å². The predicted octanol–water partition coefficient (Wildman–Crippen LogP) is 4.33. The van der Waals surface area contributed by atoms with Gasteiger partial charge in [-0.05, 0) is 47.5 Å². The second-order valence-corrected chi connectivity index (χ2v) is 7.41. The smallest absolute Gasteiger partial charge is 0.295 e. The van der Waals surface area contributed by atoms with E-state index in [0.29, 0.717) is 17.1 Å². The quantitative estimate of drug-likeness (QED) is 0.359. The van der Waals surface area contributed by atoms with Gasteiger partial charge in [0, 0.05) is 12.1 Å². The monoisotopic (exact) mass is 429 g/mol. The lowest BCUT2D eigenvalue weighted by atomic mass is 9.95. The van der Waals surface area contributed by atoms with Crippen LogP contribution >= 0.6 is 0 Å². The van der Waals surface area contributed by atoms with Crippen LogP contribution in [0.4, 0.5) is 0 Å². The van der Waals surface area contributed by atoms with E-state index in [1.807, 2.05) is 42.5 Å². The van der Waals surface area contributed by atoms with Crippen molar-refractivity contribution in [1.29, 1.82) is 0 Å². The molecule has 6 heteroatoms. The highest BCUT2D eigenvalue weighted by Gasteiger charge is 2.46. The fourth-order valence-electron chi connectivity index (χ4n) is 3.86. The molecule has 1 heterocycles. The second kappa shape index (κ2) is 8.98. The molecule has 6 nitrogen and oxygen atoms in total. The van der Waals surface area contributed by atoms with Gasteiger partial charge < -0.3 is 19.5 Å². The van der Waals surface area contributed by atoms with Crippen molar-refractivity contribution in [3.63, 3.8) is 0 Å². The minimum Gasteiger partial charge on any atom is -0.507 e. The molecule has 1 unspecified atom stereocenters. The second-order valence-electron chi connectivity index (χ2n) is 7.41. The number of likely N-dealkylation sites (tertiary alicyclic amines) is 1. The number of carbonyl (C=O) groups is 2. The highest BCUT2D eigenvalue weighted by Crippen LogP contribution is 2.40. The fraction of sp³-hybridized carbons (Fsp3) is 0.154. The molecule has 1 saturated heterocycles. The lowest BCUT2D eigenvalue weighted by Crippen LogP contribution is -2.29. The van der Waals surface area contributed by atoms with Crippen LogP contribution in [-0.2, 0) is 16.1 Å². The summed E-state index contributed by atoms with van der Waals surface area (Å²) in [5.41, 5.74) is 2.10. The van der Waals surface area contributed by atoms with Gasteiger partial charge >= 0.3 is 0 Å². The number of Topliss-reactive ketones (excluding diaryl/α,β-unsaturated/α-hetero) is 1. The molecule has 0 bridgehead atoms. The Morgan fingerprint density at radius 2 is 1.41 bits per heavy atom. The number of methoxy groups -OCH3 is 2. The zero-order valence-electron chi connectivity index (χ0n) is 17.8. The Bertz CT molecular complexity index is 1150. The van der Waals surface area contributed by atoms with E-state index in [4.69, 9.17) is 9.47 Å². The highest BCUT2D eigenvalue weighted by atomic mass is 16.5. The third-order valence-corrected chi connectivity index (χ3v) is 5.53. The summed E-state index contributed by atoms with van der Waals surface area (Å²) >= 11 is 0. The largest absolute Gasteiger partial charge is 0.507 e. The number of hydrogen-bond acceptors (Lipinski definition) is 5. The number of ether oxygens (including phenoxy) is 2. The Kier molecular flexibility index (Phi) is 5.94. The maximum atomic E-state index is 13.1. The maximum absolute atomic E-state index is 13.1. The predicted molar refractivity (Wildman–Crippen MR) is 120 cm³/mol. The van der Waals surface area contributed by atoms with Gasteiger partial charge in [-0.3, -0.25) is 9.59 Å². The minimum atomic E-state index is -0.708. The number of ketones is 1. The number of aliphatic hydroxyl groups excluding tert-OH is 1. The van der Waals surface area contributed by atoms with Crippen LogP contribution in [0.15, 0.2) is 84.4 Å². The van der Waals surface area contributed by atoms with E-state index < -0.39 is 17.7 Å². The van der Waals surface area contributed by atoms with Gasteiger partial charge in [0.15, 0.2) is 0 Å². The van der Waals surface area contributed by atoms with Crippen LogP contribution in [0.1, 0.15) is 22.7 Å². The van der Waals surface area contributed by atoms with Crippen molar-refractivity contribution in [2.75, 3.05) is 14.2 Å². The Balaban J connectivity index is 1.79. The van der Waals surface area contributed by atoms with Gasteiger partial charge in [0.25, 0.3) is 11.7 Å². The van der Waals surface area contributed by atoms with E-state index in [2.05, 4.69) is 0 Å². The van der Waals surface area contributed by atoms with Gasteiger partial charge in [0.2, 0.25) is 0 Å². The Labute approximate surface area is 186 Å². The number of aliphatic hydroxyl groups is 1. The van der Waals surface area contributed by atoms with Crippen LogP contribution in [0.3, 0.4) is 0 Å². The number of benzene rings is 3. The molecule has 1 atom stereocenters. The lowest BCUT2D eigenvalue weighted by molar-refractivity contribution is -0.140. The van der Waals surface area contributed by atoms with Crippen LogP contribution in [0, 0.1) is 0 Å². The molecule has 162 valence electrons. The normalized spacial score (nSPS) is 17.4. The molecule has 1 amide bonds. The van der Waals surface area contributed by atoms with Crippen molar-refractivity contribution in [2.45, 2.75) is 12.6 Å². The summed E-state index contributed by atoms with van der Waals surface area (Å²) in [5.74, 6) is -0.237. The Morgan fingerprint density at radius 1 is 0.844 bits per heavy atom. The number of rotatable bonds is 6. The zero-order chi connectivity index (χ0) is 22.7. The average molecular weight is 429 g/mol. The van der Waals surface area contributed by atoms with Crippen molar-refractivity contribution < 1.29 is 24.2 Å². The van der Waals surface area contributed by atoms with Crippen LogP contribution < -0.4 is 9.47 Å². The molecule has 0 aromatic heterocycles. The molecule has 0 spiro atoms. The van der Waals surface area contributed by atoms with Crippen molar-refractivity contribution in [1.82, 2.24) is 4.90 Å². The number of nitrogens with zero attached hydrogens (tertiary/aromatic N) is 1. The molecule has 1 fully saturated rings. The first-order valence-electron chi connectivity index (χ1n) is 10.1. The van der Waals surface area contributed by atoms with E-state index in [1.165, 1.54) is 4.90 Å². The van der Waals surface area contributed by atoms with Gasteiger partial charge in [-0.1, -0.05) is 42.5 Å². The third-order valence-electron chi connectivity index (χ3n) is 5.53. The molecule has 1 aliphatic heterocycles. The Hall–Kier alpha value is -4.06. The van der Waals surface area contributed by atoms with E-state index in [1.54, 1.807) is 50.6 Å². The highest BCUT2D eigenvalue weighted by molar-refractivity contribution is 6.46. The summed E-state index contributed by atoms with van der Waals surface area (Å²) in [7, 11) is 3.14. The molecule has 0 saturated carbocycles. The van der Waals surface area contributed by atoms with Gasteiger partial charge in [-0.25, -0.2) is 0 Å². The molecular formula is C26H23NO5. The van der Waals surface area contributed by atoms with Crippen molar-refractivity contribution in [3.05, 3.63) is 101 Å². The van der Waals surface area contributed by atoms with Crippen LogP contribution in [0.2, 0.25) is 0 Å². The van der Waals surface area contributed by atoms with Gasteiger partial charge in [-0.15, -0.1) is 0 Å². The Morgan fingerprint density at radius 3 is 1.97 bits per heavy atom. The summed E-state index contributed by atoms with van der Waals surface area (Å²) in [6, 6.07) is 22.6. The molecule has 1 N–H and O–H groups in total. The zero-order valence-corrected chi connectivity index (χ0v) is 17.8. The molecule has 0 radical (unpaired) electrons. The van der Waals surface area contributed by atoms with Gasteiger partial charge in [-0.2, -0.15) is 0 Å². The molecule has 3 aromatic carbocycles. The fourth-order valence-corrected chi connectivity index (χ4v) is 3.86. The van der Waals surface area contributed by atoms with Crippen LogP contribution in [0.25, 0.3) is 5.76 Å². The van der Waals surface area contributed by atoms with E-state index in [0.717, 1.165) is 11.1 Å². The number of carbonyl (C=O) groups excluding carboxylic acids is 2. The number of amides is 1. The SMILES string of the molecule is COc1ccc(CN2C(=O)C(=O)/C(=C(\O)c3ccc(OC)cc3)C2c2ccccc2)cc1. The lowest BCUT2D eigenvalue weighted by Gasteiger charge is -2.25. The van der Waals surface area contributed by atoms with Gasteiger partial charge in [0.05, 0.1) is 25.8 Å². The third kappa shape index (κ3) is 3.95. The van der Waals surface area contributed by atoms with E-state index in [-0.39, 0.29) is 17.9 Å². The number of hydrogen-bond donors (Lipinski definition) is 1. The first-order valence-corrected chi connectivity index (χ1v) is 10.1. The molecular weight excluding hydrogens is 406 g/mol. The molecule has 3 aromatic rings. The van der Waals surface area contributed by atoms with E-state index >= 15 is 0 Å². The van der Waals surface area contributed by atoms with Crippen molar-refractivity contribution >= 4 is 17.4 Å². The average Bonchev–Trinajstić information content (AvgIpc) is 3.09. The molecule has 32 heavy (non-hydrogen) atoms. The summed E-state index contributed by atoms with van der Waals surface area (Å²) in [5, 5.41) is 11.1. The standard InChI is InChI=1S/C26H23NO5/c1-31-20-12-8-17(9-13-20)16-27-23(18-6-4-3-5-7-18)22(25(29)26(27)30)24(28)19-10-14-21(32-2)15-11-19/h3-15,23,28H,16H2,1-2H3/b24-22-. The maximum Gasteiger partial charge on any atom is 0.295 e. The molecule has 1 aliphatic rings. The summed E-state index contributed by atoms with van der Waals surface area (Å²) in [6.07, 6.45) is 0. The van der Waals surface area contributed by atoms with Crippen LogP contribution in [0.5, 0.6) is 11.5 Å². The summed E-state index contributed by atoms with van der Waals surface area (Å²) in [6.45, 7) is 0.216. The first-order chi connectivity index (χ1) is 15.5. The summed E-state index contributed by atoms with van der Waals surface area (Å²) in [4.78, 5) is 27.6. The van der Waals surface area contributed by atoms with Gasteiger partial charge in [0.1, 0.15) is 17.3 Å². The van der Waals surface area contributed by atoms with Crippen LogP contribution in [-0.4, -0.2) is 35.9 Å². The first kappa shape index (κ1) is 21.2. The van der Waals surface area contributed by atoms with E-state index in [9.17, 15) is 14.7 Å². The summed E-state index contributed by atoms with van der Waals surface area (Å²) < 4.78 is 10.4. The molecule has 4 rings (SSSR count). The topological polar surface area (TPSA) is 76.1 Å². The minimum absolute atomic E-state index is 0.0693.